The number of aryl methyl sites for hydroxylation is 1. The third-order valence-corrected chi connectivity index (χ3v) is 4.66. The van der Waals surface area contributed by atoms with Gasteiger partial charge < -0.3 is 9.84 Å². The predicted octanol–water partition coefficient (Wildman–Crippen LogP) is 1.38. The fourth-order valence-electron chi connectivity index (χ4n) is 1.70. The van der Waals surface area contributed by atoms with Crippen LogP contribution in [-0.2, 0) is 19.8 Å². The topological polar surface area (TPSA) is 137 Å². The van der Waals surface area contributed by atoms with Crippen molar-refractivity contribution >= 4 is 38.8 Å². The fraction of sp³-hybridized carbons (Fsp3) is 0.615. The maximum atomic E-state index is 12.1. The van der Waals surface area contributed by atoms with Gasteiger partial charge in [0, 0.05) is 11.9 Å². The van der Waals surface area contributed by atoms with E-state index in [1.807, 2.05) is 0 Å². The van der Waals surface area contributed by atoms with Crippen LogP contribution in [0.1, 0.15) is 26.5 Å². The number of aliphatic carboxylic acids is 1. The largest absolute Gasteiger partial charge is 0.480 e. The lowest BCUT2D eigenvalue weighted by molar-refractivity contribution is -0.138. The van der Waals surface area contributed by atoms with E-state index in [1.165, 1.54) is 0 Å². The van der Waals surface area contributed by atoms with E-state index >= 15 is 0 Å². The number of hydrogen-bond acceptors (Lipinski definition) is 7. The van der Waals surface area contributed by atoms with Gasteiger partial charge in [-0.2, -0.15) is 8.42 Å². The van der Waals surface area contributed by atoms with Crippen molar-refractivity contribution in [2.45, 2.75) is 33.3 Å². The Morgan fingerprint density at radius 2 is 1.92 bits per heavy atom. The van der Waals surface area contributed by atoms with Crippen LogP contribution in [0.2, 0.25) is 0 Å². The van der Waals surface area contributed by atoms with Crippen molar-refractivity contribution < 1.29 is 32.4 Å². The summed E-state index contributed by atoms with van der Waals surface area (Å²) in [7, 11) is -4.63. The van der Waals surface area contributed by atoms with Gasteiger partial charge in [0.2, 0.25) is 5.13 Å². The number of ether oxygens (including phenoxy) is 1. The minimum Gasteiger partial charge on any atom is -0.480 e. The summed E-state index contributed by atoms with van der Waals surface area (Å²) in [5.74, 6) is -1.28. The number of anilines is 1. The number of rotatable bonds is 7. The van der Waals surface area contributed by atoms with E-state index in [9.17, 15) is 22.6 Å². The van der Waals surface area contributed by atoms with Gasteiger partial charge in [0.05, 0.1) is 12.2 Å². The van der Waals surface area contributed by atoms with Crippen LogP contribution in [0.5, 0.6) is 0 Å². The number of aromatic nitrogens is 1. The van der Waals surface area contributed by atoms with Gasteiger partial charge in [-0.1, -0.05) is 0 Å². The van der Waals surface area contributed by atoms with Gasteiger partial charge in [0.1, 0.15) is 12.1 Å². The highest BCUT2D eigenvalue weighted by Crippen LogP contribution is 2.22. The van der Waals surface area contributed by atoms with Crippen LogP contribution in [0.4, 0.5) is 9.93 Å². The molecule has 0 aliphatic heterocycles. The normalized spacial score (nSPS) is 11.9. The monoisotopic (exact) mass is 395 g/mol. The molecule has 0 aliphatic carbocycles. The molecule has 1 heterocycles. The number of carboxylic acid groups (broad SMARTS) is 1. The van der Waals surface area contributed by atoms with Gasteiger partial charge in [-0.15, -0.1) is 11.3 Å². The SMILES string of the molecule is Cc1csc(N(CCN(CC(=O)O)C(=O)OC(C)(C)C)S(=O)(=O)O)n1. The van der Waals surface area contributed by atoms with Gasteiger partial charge in [0.15, 0.2) is 0 Å². The standard InChI is InChI=1S/C13H21N3O7S2/c1-9-8-24-11(14-9)16(25(20,21)22)6-5-15(7-10(17)18)12(19)23-13(2,3)4/h8H,5-7H2,1-4H3,(H,17,18)(H,20,21,22). The number of thiazole rings is 1. The van der Waals surface area contributed by atoms with Crippen LogP contribution >= 0.6 is 11.3 Å². The molecule has 1 aromatic heterocycles. The van der Waals surface area contributed by atoms with E-state index in [1.54, 1.807) is 33.1 Å². The van der Waals surface area contributed by atoms with Gasteiger partial charge in [-0.25, -0.2) is 14.1 Å². The van der Waals surface area contributed by atoms with Gasteiger partial charge in [0.25, 0.3) is 0 Å². The summed E-state index contributed by atoms with van der Waals surface area (Å²) in [5.41, 5.74) is -0.286. The van der Waals surface area contributed by atoms with E-state index in [2.05, 4.69) is 4.98 Å². The van der Waals surface area contributed by atoms with Gasteiger partial charge >= 0.3 is 22.4 Å². The zero-order valence-corrected chi connectivity index (χ0v) is 15.9. The molecular weight excluding hydrogens is 374 g/mol. The van der Waals surface area contributed by atoms with Crippen molar-refractivity contribution in [3.8, 4) is 0 Å². The zero-order chi connectivity index (χ0) is 19.4. The minimum atomic E-state index is -4.63. The average Bonchev–Trinajstić information content (AvgIpc) is 2.79. The van der Waals surface area contributed by atoms with Crippen LogP contribution in [0, 0.1) is 6.92 Å². The third kappa shape index (κ3) is 7.23. The Morgan fingerprint density at radius 3 is 2.32 bits per heavy atom. The second kappa shape index (κ2) is 7.97. The summed E-state index contributed by atoms with van der Waals surface area (Å²) in [4.78, 5) is 27.9. The Bertz CT molecular complexity index is 724. The molecule has 1 amide bonds. The highest BCUT2D eigenvalue weighted by molar-refractivity contribution is 7.87. The molecule has 0 fully saturated rings. The molecule has 1 rings (SSSR count). The first-order chi connectivity index (χ1) is 11.3. The maximum Gasteiger partial charge on any atom is 0.410 e. The highest BCUT2D eigenvalue weighted by atomic mass is 32.2. The minimum absolute atomic E-state index is 0.0134. The van der Waals surface area contributed by atoms with Crippen molar-refractivity contribution in [1.29, 1.82) is 0 Å². The molecule has 0 aromatic carbocycles. The molecule has 0 bridgehead atoms. The highest BCUT2D eigenvalue weighted by Gasteiger charge is 2.28. The van der Waals surface area contributed by atoms with Crippen LogP contribution in [0.15, 0.2) is 5.38 Å². The summed E-state index contributed by atoms with van der Waals surface area (Å²) >= 11 is 0.993. The average molecular weight is 395 g/mol. The van der Waals surface area contributed by atoms with Crippen molar-refractivity contribution in [3.63, 3.8) is 0 Å². The molecule has 142 valence electrons. The Kier molecular flexibility index (Phi) is 6.74. The second-order valence-corrected chi connectivity index (χ2v) is 8.29. The van der Waals surface area contributed by atoms with Crippen molar-refractivity contribution in [2.75, 3.05) is 23.9 Å². The summed E-state index contributed by atoms with van der Waals surface area (Å²) in [6, 6.07) is 0. The Labute approximate surface area is 149 Å². The Morgan fingerprint density at radius 1 is 1.32 bits per heavy atom. The van der Waals surface area contributed by atoms with E-state index in [4.69, 9.17) is 9.84 Å². The summed E-state index contributed by atoms with van der Waals surface area (Å²) in [6.07, 6.45) is -0.902. The maximum absolute atomic E-state index is 12.1. The van der Waals surface area contributed by atoms with E-state index in [0.29, 0.717) is 10.00 Å². The molecule has 0 atom stereocenters. The summed E-state index contributed by atoms with van der Waals surface area (Å²) in [6.45, 7) is 5.15. The first-order valence-electron chi connectivity index (χ1n) is 7.16. The number of hydrogen-bond donors (Lipinski definition) is 2. The third-order valence-electron chi connectivity index (χ3n) is 2.65. The molecule has 25 heavy (non-hydrogen) atoms. The first-order valence-corrected chi connectivity index (χ1v) is 9.44. The molecule has 12 heteroatoms. The number of carbonyl (C=O) groups is 2. The Balaban J connectivity index is 2.94. The fourth-order valence-corrected chi connectivity index (χ4v) is 3.40. The molecule has 0 unspecified atom stereocenters. The van der Waals surface area contributed by atoms with Crippen LogP contribution < -0.4 is 4.31 Å². The molecule has 10 nitrogen and oxygen atoms in total. The number of amides is 1. The molecule has 0 saturated heterocycles. The number of carbonyl (C=O) groups excluding carboxylic acids is 1. The van der Waals surface area contributed by atoms with Crippen molar-refractivity contribution in [1.82, 2.24) is 9.88 Å². The van der Waals surface area contributed by atoms with Gasteiger partial charge in [-0.05, 0) is 27.7 Å². The zero-order valence-electron chi connectivity index (χ0n) is 14.3. The van der Waals surface area contributed by atoms with Crippen LogP contribution in [-0.4, -0.2) is 65.3 Å². The second-order valence-electron chi connectivity index (χ2n) is 6.12. The molecule has 0 aliphatic rings. The molecule has 1 aromatic rings. The summed E-state index contributed by atoms with van der Waals surface area (Å²) in [5, 5.41) is 10.5. The van der Waals surface area contributed by atoms with E-state index in [0.717, 1.165) is 16.2 Å². The molecule has 0 spiro atoms. The van der Waals surface area contributed by atoms with Crippen molar-refractivity contribution in [2.24, 2.45) is 0 Å². The van der Waals surface area contributed by atoms with Crippen LogP contribution in [0.25, 0.3) is 0 Å². The summed E-state index contributed by atoms with van der Waals surface area (Å²) < 4.78 is 38.2. The molecule has 2 N–H and O–H groups in total. The predicted molar refractivity (Wildman–Crippen MR) is 91.2 cm³/mol. The van der Waals surface area contributed by atoms with E-state index < -0.39 is 34.5 Å². The number of carboxylic acids is 1. The molecule has 0 saturated carbocycles. The lowest BCUT2D eigenvalue weighted by Crippen LogP contribution is -2.45. The quantitative estimate of drug-likeness (QED) is 0.661. The van der Waals surface area contributed by atoms with E-state index in [-0.39, 0.29) is 18.2 Å². The Hall–Kier alpha value is -1.92. The number of nitrogens with zero attached hydrogens (tertiary/aromatic N) is 3. The first kappa shape index (κ1) is 21.1. The molecular formula is C13H21N3O7S2. The van der Waals surface area contributed by atoms with Crippen LogP contribution in [0.3, 0.4) is 0 Å². The van der Waals surface area contributed by atoms with Gasteiger partial charge in [-0.3, -0.25) is 14.2 Å². The van der Waals surface area contributed by atoms with Crippen molar-refractivity contribution in [3.05, 3.63) is 11.1 Å². The smallest absolute Gasteiger partial charge is 0.410 e. The molecule has 0 radical (unpaired) electrons. The lowest BCUT2D eigenvalue weighted by atomic mass is 10.2. The lowest BCUT2D eigenvalue weighted by Gasteiger charge is -2.27.